The summed E-state index contributed by atoms with van der Waals surface area (Å²) >= 11 is -1.14. The van der Waals surface area contributed by atoms with Crippen LogP contribution >= 0.6 is 0 Å². The van der Waals surface area contributed by atoms with Crippen LogP contribution in [0.15, 0.2) is 10.0 Å². The Labute approximate surface area is 94.0 Å². The number of rotatable bonds is 3. The molecule has 0 radical (unpaired) electrons. The summed E-state index contributed by atoms with van der Waals surface area (Å²) in [6, 6.07) is 0. The molecule has 14 heavy (non-hydrogen) atoms. The fraction of sp³-hybridized carbons (Fsp3) is 0.818. The summed E-state index contributed by atoms with van der Waals surface area (Å²) in [7, 11) is 0. The molecule has 0 fully saturated rings. The van der Waals surface area contributed by atoms with Gasteiger partial charge < -0.3 is 11.0 Å². The molecule has 0 spiro atoms. The van der Waals surface area contributed by atoms with Crippen molar-refractivity contribution in [3.05, 3.63) is 10.0 Å². The van der Waals surface area contributed by atoms with Crippen LogP contribution in [0.1, 0.15) is 47.0 Å². The van der Waals surface area contributed by atoms with Crippen LogP contribution in [0.5, 0.6) is 0 Å². The van der Waals surface area contributed by atoms with Crippen molar-refractivity contribution in [2.45, 2.75) is 55.6 Å². The Kier molecular flexibility index (Phi) is 9.12. The number of hydrogen-bond donors (Lipinski definition) is 0. The van der Waals surface area contributed by atoms with Gasteiger partial charge >= 0.3 is 82.9 Å². The van der Waals surface area contributed by atoms with Crippen LogP contribution in [-0.2, 0) is 17.3 Å². The largest absolute Gasteiger partial charge is 0.870 e. The molecule has 0 heterocycles. The molecule has 0 amide bonds. The van der Waals surface area contributed by atoms with E-state index in [0.29, 0.717) is 0 Å². The van der Waals surface area contributed by atoms with E-state index in [1.54, 1.807) is 0 Å². The molecule has 1 aliphatic carbocycles. The first kappa shape index (κ1) is 16.8. The second-order valence-corrected chi connectivity index (χ2v) is 15.4. The standard InChI is InChI=1S/C5H7.2C3H7.2H2O.W/c1-2-4-5-3-1;2*1-3-2;;;/h1H,2,4-5H2;2*3H,1-2H3;2*1H2;/q;;;;;+2/p-2. The van der Waals surface area contributed by atoms with Crippen LogP contribution in [0.4, 0.5) is 0 Å². The van der Waals surface area contributed by atoms with Gasteiger partial charge in [0.25, 0.3) is 0 Å². The molecule has 0 aromatic rings. The molecule has 3 heteroatoms. The Hall–Kier alpha value is 0.348. The van der Waals surface area contributed by atoms with E-state index in [1.807, 2.05) is 3.96 Å². The fourth-order valence-electron chi connectivity index (χ4n) is 2.01. The zero-order valence-electron chi connectivity index (χ0n) is 9.66. The minimum Gasteiger partial charge on any atom is -0.870 e. The van der Waals surface area contributed by atoms with Crippen LogP contribution in [-0.4, -0.2) is 11.0 Å². The molecule has 1 aliphatic rings. The minimum absolute atomic E-state index is 0. The predicted molar refractivity (Wildman–Crippen MR) is 56.0 cm³/mol. The van der Waals surface area contributed by atoms with Gasteiger partial charge in [0.1, 0.15) is 0 Å². The molecule has 2 N–H and O–H groups in total. The summed E-state index contributed by atoms with van der Waals surface area (Å²) in [5.41, 5.74) is 0. The summed E-state index contributed by atoms with van der Waals surface area (Å²) in [5.74, 6) is 0. The molecule has 2 nitrogen and oxygen atoms in total. The fourth-order valence-corrected chi connectivity index (χ4v) is 12.7. The van der Waals surface area contributed by atoms with Gasteiger partial charge in [0.2, 0.25) is 0 Å². The Morgan fingerprint density at radius 2 is 1.57 bits per heavy atom. The third kappa shape index (κ3) is 4.25. The van der Waals surface area contributed by atoms with Crippen LogP contribution in [0.2, 0.25) is 8.62 Å². The van der Waals surface area contributed by atoms with Crippen molar-refractivity contribution in [3.8, 4) is 0 Å². The first-order valence-electron chi connectivity index (χ1n) is 5.04. The monoisotopic (exact) mass is 371 g/mol. The molecule has 0 saturated carbocycles. The first-order valence-corrected chi connectivity index (χ1v) is 9.89. The molecular formula is C11H23O2W. The van der Waals surface area contributed by atoms with Crippen LogP contribution in [0.3, 0.4) is 0 Å². The molecule has 0 aromatic carbocycles. The molecular weight excluding hydrogens is 348 g/mol. The SMILES string of the molecule is C[CH](C)[W+2]([C]1=CCCC1)[CH](C)C.[OH-].[OH-]. The van der Waals surface area contributed by atoms with E-state index in [1.165, 1.54) is 19.3 Å². The van der Waals surface area contributed by atoms with E-state index in [2.05, 4.69) is 33.8 Å². The normalized spacial score (nSPS) is 14.9. The first-order chi connectivity index (χ1) is 5.63. The molecule has 0 aliphatic heterocycles. The van der Waals surface area contributed by atoms with Gasteiger partial charge in [-0.1, -0.05) is 0 Å². The average Bonchev–Trinajstić information content (AvgIpc) is 2.37. The van der Waals surface area contributed by atoms with Gasteiger partial charge in [-0.05, 0) is 0 Å². The molecule has 0 bridgehead atoms. The molecule has 0 aromatic heterocycles. The van der Waals surface area contributed by atoms with E-state index >= 15 is 0 Å². The molecule has 1 rings (SSSR count). The van der Waals surface area contributed by atoms with E-state index in [9.17, 15) is 0 Å². The van der Waals surface area contributed by atoms with E-state index < -0.39 is 17.3 Å². The van der Waals surface area contributed by atoms with Gasteiger partial charge in [0.15, 0.2) is 0 Å². The Morgan fingerprint density at radius 1 is 1.07 bits per heavy atom. The second kappa shape index (κ2) is 7.62. The van der Waals surface area contributed by atoms with Crippen molar-refractivity contribution < 1.29 is 28.3 Å². The van der Waals surface area contributed by atoms with Crippen LogP contribution < -0.4 is 0 Å². The quantitative estimate of drug-likeness (QED) is 0.754. The summed E-state index contributed by atoms with van der Waals surface area (Å²) in [6.07, 6.45) is 6.83. The van der Waals surface area contributed by atoms with Gasteiger partial charge in [0, 0.05) is 0 Å². The number of hydrogen-bond acceptors (Lipinski definition) is 2. The maximum absolute atomic E-state index is 2.56. The molecule has 85 valence electrons. The van der Waals surface area contributed by atoms with Gasteiger partial charge in [-0.3, -0.25) is 0 Å². The van der Waals surface area contributed by atoms with Crippen molar-refractivity contribution in [2.75, 3.05) is 0 Å². The Balaban J connectivity index is 0. The zero-order chi connectivity index (χ0) is 9.14. The maximum atomic E-state index is 2.56. The third-order valence-electron chi connectivity index (χ3n) is 2.32. The van der Waals surface area contributed by atoms with E-state index in [-0.39, 0.29) is 11.0 Å². The van der Waals surface area contributed by atoms with Crippen LogP contribution in [0, 0.1) is 0 Å². The smallest absolute Gasteiger partial charge is 0.870 e. The van der Waals surface area contributed by atoms with Crippen molar-refractivity contribution in [3.63, 3.8) is 0 Å². The van der Waals surface area contributed by atoms with Crippen molar-refractivity contribution in [1.29, 1.82) is 0 Å². The van der Waals surface area contributed by atoms with Crippen molar-refractivity contribution >= 4 is 0 Å². The topological polar surface area (TPSA) is 60.0 Å². The van der Waals surface area contributed by atoms with Gasteiger partial charge in [-0.15, -0.1) is 0 Å². The summed E-state index contributed by atoms with van der Waals surface area (Å²) in [6.45, 7) is 9.75. The average molecular weight is 371 g/mol. The maximum Gasteiger partial charge on any atom is -0.870 e. The van der Waals surface area contributed by atoms with E-state index in [0.717, 1.165) is 8.62 Å². The Bertz CT molecular complexity index is 168. The van der Waals surface area contributed by atoms with Gasteiger partial charge in [-0.2, -0.15) is 0 Å². The summed E-state index contributed by atoms with van der Waals surface area (Å²) in [5, 5.41) is 0. The molecule has 0 unspecified atom stereocenters. The summed E-state index contributed by atoms with van der Waals surface area (Å²) in [4.78, 5) is 0. The second-order valence-electron chi connectivity index (χ2n) is 4.03. The third-order valence-corrected chi connectivity index (χ3v) is 13.1. The number of allylic oxidation sites excluding steroid dienone is 2. The summed E-state index contributed by atoms with van der Waals surface area (Å²) < 4.78 is 3.95. The molecule has 0 atom stereocenters. The molecule has 0 saturated heterocycles. The van der Waals surface area contributed by atoms with Crippen LogP contribution in [0.25, 0.3) is 0 Å². The minimum atomic E-state index is -1.14. The van der Waals surface area contributed by atoms with Crippen molar-refractivity contribution in [1.82, 2.24) is 0 Å². The Morgan fingerprint density at radius 3 is 1.86 bits per heavy atom. The van der Waals surface area contributed by atoms with Crippen molar-refractivity contribution in [2.24, 2.45) is 0 Å². The van der Waals surface area contributed by atoms with Gasteiger partial charge in [-0.25, -0.2) is 0 Å². The van der Waals surface area contributed by atoms with E-state index in [4.69, 9.17) is 0 Å². The predicted octanol–water partition coefficient (Wildman–Crippen LogP) is 3.98. The zero-order valence-corrected chi connectivity index (χ0v) is 12.6. The van der Waals surface area contributed by atoms with Gasteiger partial charge in [0.05, 0.1) is 0 Å².